The number of benzene rings is 2. The normalized spacial score (nSPS) is 10.4. The highest BCUT2D eigenvalue weighted by molar-refractivity contribution is 5.72. The van der Waals surface area contributed by atoms with Crippen molar-refractivity contribution < 1.29 is 23.5 Å². The van der Waals surface area contributed by atoms with Crippen molar-refractivity contribution in [2.45, 2.75) is 13.0 Å². The Morgan fingerprint density at radius 2 is 1.77 bits per heavy atom. The maximum Gasteiger partial charge on any atom is 0.310 e. The van der Waals surface area contributed by atoms with Gasteiger partial charge in [-0.3, -0.25) is 4.79 Å². The minimum Gasteiger partial charge on any atom is -0.497 e. The third-order valence-corrected chi connectivity index (χ3v) is 3.80. The summed E-state index contributed by atoms with van der Waals surface area (Å²) in [7, 11) is 3.20. The van der Waals surface area contributed by atoms with Gasteiger partial charge in [0.15, 0.2) is 5.76 Å². The smallest absolute Gasteiger partial charge is 0.310 e. The van der Waals surface area contributed by atoms with Gasteiger partial charge < -0.3 is 18.7 Å². The van der Waals surface area contributed by atoms with Gasteiger partial charge in [0.2, 0.25) is 0 Å². The fourth-order valence-corrected chi connectivity index (χ4v) is 2.41. The van der Waals surface area contributed by atoms with Crippen molar-refractivity contribution in [3.05, 3.63) is 65.9 Å². The lowest BCUT2D eigenvalue weighted by molar-refractivity contribution is -0.144. The van der Waals surface area contributed by atoms with Gasteiger partial charge in [0, 0.05) is 11.6 Å². The molecule has 0 fully saturated rings. The van der Waals surface area contributed by atoms with E-state index in [1.807, 2.05) is 36.4 Å². The van der Waals surface area contributed by atoms with Crippen LogP contribution >= 0.6 is 0 Å². The SMILES string of the molecule is COc1ccc(CC(=O)OCc2cc(-c3cccc(OC)c3)on2)cc1. The molecule has 3 rings (SSSR count). The molecule has 0 atom stereocenters. The van der Waals surface area contributed by atoms with E-state index in [1.165, 1.54) is 0 Å². The van der Waals surface area contributed by atoms with Gasteiger partial charge in [-0.15, -0.1) is 0 Å². The predicted octanol–water partition coefficient (Wildman–Crippen LogP) is 3.64. The Hall–Kier alpha value is -3.28. The van der Waals surface area contributed by atoms with Gasteiger partial charge in [-0.2, -0.15) is 0 Å². The minimum absolute atomic E-state index is 0.0580. The summed E-state index contributed by atoms with van der Waals surface area (Å²) >= 11 is 0. The number of methoxy groups -OCH3 is 2. The zero-order chi connectivity index (χ0) is 18.4. The molecule has 6 heteroatoms. The van der Waals surface area contributed by atoms with E-state index in [0.717, 1.165) is 22.6 Å². The first-order valence-electron chi connectivity index (χ1n) is 8.06. The van der Waals surface area contributed by atoms with Crippen molar-refractivity contribution >= 4 is 5.97 Å². The van der Waals surface area contributed by atoms with E-state index in [1.54, 1.807) is 32.4 Å². The molecule has 0 spiro atoms. The fraction of sp³-hybridized carbons (Fsp3) is 0.200. The topological polar surface area (TPSA) is 70.8 Å². The summed E-state index contributed by atoms with van der Waals surface area (Å²) in [5, 5.41) is 3.94. The van der Waals surface area contributed by atoms with E-state index in [4.69, 9.17) is 18.7 Å². The molecule has 0 aliphatic carbocycles. The van der Waals surface area contributed by atoms with Crippen LogP contribution in [0.5, 0.6) is 11.5 Å². The molecule has 1 aromatic heterocycles. The summed E-state index contributed by atoms with van der Waals surface area (Å²) < 4.78 is 20.9. The van der Waals surface area contributed by atoms with Crippen LogP contribution in [-0.2, 0) is 22.6 Å². The number of hydrogen-bond donors (Lipinski definition) is 0. The summed E-state index contributed by atoms with van der Waals surface area (Å²) in [5.74, 6) is 1.73. The van der Waals surface area contributed by atoms with Crippen molar-refractivity contribution in [3.8, 4) is 22.8 Å². The van der Waals surface area contributed by atoms with Crippen LogP contribution in [0, 0.1) is 0 Å². The molecule has 134 valence electrons. The van der Waals surface area contributed by atoms with Crippen LogP contribution in [0.25, 0.3) is 11.3 Å². The van der Waals surface area contributed by atoms with Crippen molar-refractivity contribution in [2.75, 3.05) is 14.2 Å². The Kier molecular flexibility index (Phi) is 5.53. The van der Waals surface area contributed by atoms with E-state index < -0.39 is 0 Å². The largest absolute Gasteiger partial charge is 0.497 e. The average Bonchev–Trinajstić information content (AvgIpc) is 3.16. The number of rotatable bonds is 7. The van der Waals surface area contributed by atoms with Gasteiger partial charge in [0.1, 0.15) is 23.8 Å². The highest BCUT2D eigenvalue weighted by atomic mass is 16.5. The molecular weight excluding hydrogens is 334 g/mol. The summed E-state index contributed by atoms with van der Waals surface area (Å²) in [4.78, 5) is 12.0. The van der Waals surface area contributed by atoms with Crippen molar-refractivity contribution in [3.63, 3.8) is 0 Å². The number of hydrogen-bond acceptors (Lipinski definition) is 6. The van der Waals surface area contributed by atoms with Gasteiger partial charge >= 0.3 is 5.97 Å². The van der Waals surface area contributed by atoms with Crippen LogP contribution in [0.1, 0.15) is 11.3 Å². The van der Waals surface area contributed by atoms with Crippen molar-refractivity contribution in [2.24, 2.45) is 0 Å². The van der Waals surface area contributed by atoms with E-state index >= 15 is 0 Å². The second-order valence-electron chi connectivity index (χ2n) is 5.60. The number of carbonyl (C=O) groups excluding carboxylic acids is 1. The number of ether oxygens (including phenoxy) is 3. The summed E-state index contributed by atoms with van der Waals surface area (Å²) in [5.41, 5.74) is 2.24. The van der Waals surface area contributed by atoms with Gasteiger partial charge in [-0.25, -0.2) is 0 Å². The summed E-state index contributed by atoms with van der Waals surface area (Å²) in [6, 6.07) is 16.5. The third-order valence-electron chi connectivity index (χ3n) is 3.80. The zero-order valence-electron chi connectivity index (χ0n) is 14.6. The summed E-state index contributed by atoms with van der Waals surface area (Å²) in [6.07, 6.45) is 0.185. The lowest BCUT2D eigenvalue weighted by Crippen LogP contribution is -2.08. The van der Waals surface area contributed by atoms with Gasteiger partial charge in [0.05, 0.1) is 20.6 Å². The minimum atomic E-state index is -0.332. The molecule has 0 unspecified atom stereocenters. The number of nitrogens with zero attached hydrogens (tertiary/aromatic N) is 1. The molecule has 3 aromatic rings. The van der Waals surface area contributed by atoms with E-state index in [0.29, 0.717) is 11.5 Å². The predicted molar refractivity (Wildman–Crippen MR) is 95.0 cm³/mol. The molecule has 26 heavy (non-hydrogen) atoms. The zero-order valence-corrected chi connectivity index (χ0v) is 14.6. The first-order chi connectivity index (χ1) is 12.7. The Labute approximate surface area is 151 Å². The standard InChI is InChI=1S/C20H19NO5/c1-23-17-8-6-14(7-9-17)10-20(22)25-13-16-12-19(26-21-16)15-4-3-5-18(11-15)24-2/h3-9,11-12H,10,13H2,1-2H3. The quantitative estimate of drug-likeness (QED) is 0.604. The van der Waals surface area contributed by atoms with Gasteiger partial charge in [0.25, 0.3) is 0 Å². The average molecular weight is 353 g/mol. The number of esters is 1. The number of aromatic nitrogens is 1. The molecule has 0 amide bonds. The Morgan fingerprint density at radius 3 is 2.50 bits per heavy atom. The lowest BCUT2D eigenvalue weighted by Gasteiger charge is -2.04. The third kappa shape index (κ3) is 4.42. The van der Waals surface area contributed by atoms with Crippen LogP contribution in [-0.4, -0.2) is 25.3 Å². The molecule has 6 nitrogen and oxygen atoms in total. The van der Waals surface area contributed by atoms with E-state index in [2.05, 4.69) is 5.16 Å². The molecule has 1 heterocycles. The maximum absolute atomic E-state index is 12.0. The van der Waals surface area contributed by atoms with Crippen LogP contribution in [0.15, 0.2) is 59.1 Å². The van der Waals surface area contributed by atoms with Crippen molar-refractivity contribution in [1.29, 1.82) is 0 Å². The molecule has 0 saturated carbocycles. The highest BCUT2D eigenvalue weighted by Crippen LogP contribution is 2.24. The van der Waals surface area contributed by atoms with Crippen LogP contribution in [0.3, 0.4) is 0 Å². The van der Waals surface area contributed by atoms with E-state index in [-0.39, 0.29) is 19.0 Å². The molecule has 0 aliphatic rings. The lowest BCUT2D eigenvalue weighted by atomic mass is 10.1. The molecule has 2 aromatic carbocycles. The first-order valence-corrected chi connectivity index (χ1v) is 8.06. The fourth-order valence-electron chi connectivity index (χ4n) is 2.41. The Morgan fingerprint density at radius 1 is 1.00 bits per heavy atom. The van der Waals surface area contributed by atoms with Crippen LogP contribution in [0.2, 0.25) is 0 Å². The molecule has 0 saturated heterocycles. The van der Waals surface area contributed by atoms with Crippen LogP contribution < -0.4 is 9.47 Å². The van der Waals surface area contributed by atoms with Crippen molar-refractivity contribution in [1.82, 2.24) is 5.16 Å². The molecule has 0 radical (unpaired) electrons. The van der Waals surface area contributed by atoms with E-state index in [9.17, 15) is 4.79 Å². The first kappa shape index (κ1) is 17.5. The molecular formula is C20H19NO5. The molecule has 0 N–H and O–H groups in total. The maximum atomic E-state index is 12.0. The highest BCUT2D eigenvalue weighted by Gasteiger charge is 2.11. The van der Waals surface area contributed by atoms with Gasteiger partial charge in [-0.1, -0.05) is 29.4 Å². The monoisotopic (exact) mass is 353 g/mol. The second-order valence-corrected chi connectivity index (χ2v) is 5.60. The number of carbonyl (C=O) groups is 1. The van der Waals surface area contributed by atoms with Crippen LogP contribution in [0.4, 0.5) is 0 Å². The molecule has 0 bridgehead atoms. The second kappa shape index (κ2) is 8.20. The molecule has 0 aliphatic heterocycles. The van der Waals surface area contributed by atoms with Gasteiger partial charge in [-0.05, 0) is 29.8 Å². The Balaban J connectivity index is 1.56. The Bertz CT molecular complexity index is 870. The summed E-state index contributed by atoms with van der Waals surface area (Å²) in [6.45, 7) is 0.0580.